The van der Waals surface area contributed by atoms with Gasteiger partial charge in [-0.1, -0.05) is 34.7 Å². The topological polar surface area (TPSA) is 101 Å². The number of hydrogen-bond acceptors (Lipinski definition) is 7. The summed E-state index contributed by atoms with van der Waals surface area (Å²) in [7, 11) is 0. The van der Waals surface area contributed by atoms with Crippen LogP contribution in [-0.2, 0) is 12.0 Å². The van der Waals surface area contributed by atoms with Gasteiger partial charge in [0, 0.05) is 23.9 Å². The maximum atomic E-state index is 10.6. The fraction of sp³-hybridized carbons (Fsp3) is 0.250. The molecule has 7 nitrogen and oxygen atoms in total. The van der Waals surface area contributed by atoms with E-state index in [2.05, 4.69) is 27.0 Å². The lowest BCUT2D eigenvalue weighted by Gasteiger charge is -2.19. The molecular weight excluding hydrogens is 378 g/mol. The third-order valence-corrected chi connectivity index (χ3v) is 4.82. The average Bonchev–Trinajstić information content (AvgIpc) is 3.28. The van der Waals surface area contributed by atoms with Crippen molar-refractivity contribution in [3.63, 3.8) is 0 Å². The van der Waals surface area contributed by atoms with E-state index in [1.54, 1.807) is 19.9 Å². The predicted octanol–water partition coefficient (Wildman–Crippen LogP) is 2.96. The van der Waals surface area contributed by atoms with E-state index in [-0.39, 0.29) is 5.95 Å². The van der Waals surface area contributed by atoms with E-state index in [0.29, 0.717) is 22.3 Å². The Bertz CT molecular complexity index is 1110. The van der Waals surface area contributed by atoms with E-state index < -0.39 is 5.60 Å². The minimum atomic E-state index is -1.42. The maximum absolute atomic E-state index is 10.6. The zero-order valence-electron chi connectivity index (χ0n) is 15.4. The van der Waals surface area contributed by atoms with Gasteiger partial charge in [0.1, 0.15) is 16.5 Å². The molecule has 0 fully saturated rings. The fourth-order valence-corrected chi connectivity index (χ4v) is 3.28. The smallest absolute Gasteiger partial charge is 0.222 e. The monoisotopic (exact) mass is 395 g/mol. The molecule has 28 heavy (non-hydrogen) atoms. The van der Waals surface area contributed by atoms with Crippen molar-refractivity contribution >= 4 is 29.1 Å². The quantitative estimate of drug-likeness (QED) is 0.643. The summed E-state index contributed by atoms with van der Waals surface area (Å²) in [5, 5.41) is 14.9. The Kier molecular flexibility index (Phi) is 4.46. The van der Waals surface area contributed by atoms with Crippen molar-refractivity contribution in [2.45, 2.75) is 25.9 Å². The van der Waals surface area contributed by atoms with E-state index >= 15 is 0 Å². The molecule has 1 aliphatic heterocycles. The Morgan fingerprint density at radius 1 is 1.36 bits per heavy atom. The van der Waals surface area contributed by atoms with Gasteiger partial charge < -0.3 is 20.3 Å². The molecule has 0 saturated heterocycles. The molecular formula is C20H18ClN5O2. The maximum Gasteiger partial charge on any atom is 0.222 e. The van der Waals surface area contributed by atoms with Crippen molar-refractivity contribution in [2.24, 2.45) is 0 Å². The molecule has 0 radical (unpaired) electrons. The standard InChI is InChI=1S/C20H18ClN5O2/c1-12-9-17(25-28-12)20(2,27)7-5-13-3-4-14-6-8-26(16(14)10-13)18-15(21)11-23-19(22)24-18/h3-4,9-11,27H,6,8H2,1-2H3,(H2,22,23,24)/t20-/m0/s1. The minimum absolute atomic E-state index is 0.169. The third-order valence-electron chi connectivity index (χ3n) is 4.56. The van der Waals surface area contributed by atoms with Crippen molar-refractivity contribution in [2.75, 3.05) is 17.2 Å². The predicted molar refractivity (Wildman–Crippen MR) is 106 cm³/mol. The molecule has 0 unspecified atom stereocenters. The highest BCUT2D eigenvalue weighted by molar-refractivity contribution is 6.33. The van der Waals surface area contributed by atoms with Gasteiger partial charge in [-0.2, -0.15) is 4.98 Å². The molecule has 0 spiro atoms. The minimum Gasteiger partial charge on any atom is -0.372 e. The number of aliphatic hydroxyl groups is 1. The second-order valence-corrected chi connectivity index (χ2v) is 7.20. The van der Waals surface area contributed by atoms with Crippen LogP contribution < -0.4 is 10.6 Å². The Morgan fingerprint density at radius 2 is 2.18 bits per heavy atom. The highest BCUT2D eigenvalue weighted by Crippen LogP contribution is 2.37. The van der Waals surface area contributed by atoms with E-state index in [4.69, 9.17) is 21.9 Å². The fourth-order valence-electron chi connectivity index (χ4n) is 3.09. The summed E-state index contributed by atoms with van der Waals surface area (Å²) < 4.78 is 5.03. The number of hydrogen-bond donors (Lipinski definition) is 2. The number of rotatable bonds is 2. The number of fused-ring (bicyclic) bond motifs is 1. The summed E-state index contributed by atoms with van der Waals surface area (Å²) in [4.78, 5) is 10.2. The summed E-state index contributed by atoms with van der Waals surface area (Å²) in [6.45, 7) is 4.08. The molecule has 0 amide bonds. The van der Waals surface area contributed by atoms with Gasteiger partial charge in [0.05, 0.1) is 6.20 Å². The molecule has 8 heteroatoms. The Morgan fingerprint density at radius 3 is 2.93 bits per heavy atom. The summed E-state index contributed by atoms with van der Waals surface area (Å²) in [6, 6.07) is 7.57. The van der Waals surface area contributed by atoms with Crippen molar-refractivity contribution in [3.05, 3.63) is 58.1 Å². The largest absolute Gasteiger partial charge is 0.372 e. The van der Waals surface area contributed by atoms with E-state index in [1.165, 1.54) is 6.20 Å². The highest BCUT2D eigenvalue weighted by atomic mass is 35.5. The van der Waals surface area contributed by atoms with Crippen LogP contribution in [-0.4, -0.2) is 26.8 Å². The number of anilines is 3. The van der Waals surface area contributed by atoms with Gasteiger partial charge in [0.15, 0.2) is 11.4 Å². The molecule has 2 aromatic heterocycles. The molecule has 3 aromatic rings. The van der Waals surface area contributed by atoms with Crippen LogP contribution in [0, 0.1) is 18.8 Å². The second-order valence-electron chi connectivity index (χ2n) is 6.79. The van der Waals surface area contributed by atoms with Crippen LogP contribution >= 0.6 is 11.6 Å². The van der Waals surface area contributed by atoms with Crippen molar-refractivity contribution in [1.29, 1.82) is 0 Å². The second kappa shape index (κ2) is 6.82. The molecule has 0 saturated carbocycles. The summed E-state index contributed by atoms with van der Waals surface area (Å²) in [5.41, 5.74) is 7.57. The number of benzene rings is 1. The van der Waals surface area contributed by atoms with Gasteiger partial charge in [-0.3, -0.25) is 0 Å². The Hall–Kier alpha value is -3.08. The van der Waals surface area contributed by atoms with Crippen LogP contribution in [0.5, 0.6) is 0 Å². The van der Waals surface area contributed by atoms with Crippen molar-refractivity contribution in [3.8, 4) is 11.8 Å². The zero-order valence-corrected chi connectivity index (χ0v) is 16.2. The van der Waals surface area contributed by atoms with Gasteiger partial charge in [0.25, 0.3) is 0 Å². The van der Waals surface area contributed by atoms with Crippen LogP contribution in [0.15, 0.2) is 35.0 Å². The van der Waals surface area contributed by atoms with Crippen LogP contribution in [0.2, 0.25) is 5.02 Å². The van der Waals surface area contributed by atoms with Gasteiger partial charge >= 0.3 is 0 Å². The molecule has 1 atom stereocenters. The zero-order chi connectivity index (χ0) is 19.9. The van der Waals surface area contributed by atoms with Crippen LogP contribution in [0.1, 0.15) is 29.5 Å². The summed E-state index contributed by atoms with van der Waals surface area (Å²) in [6.07, 6.45) is 2.36. The van der Waals surface area contributed by atoms with E-state index in [9.17, 15) is 5.11 Å². The van der Waals surface area contributed by atoms with Gasteiger partial charge in [-0.05, 0) is 38.0 Å². The molecule has 0 aliphatic carbocycles. The van der Waals surface area contributed by atoms with Gasteiger partial charge in [-0.15, -0.1) is 0 Å². The van der Waals surface area contributed by atoms with Crippen molar-refractivity contribution in [1.82, 2.24) is 15.1 Å². The van der Waals surface area contributed by atoms with Gasteiger partial charge in [0.2, 0.25) is 5.95 Å². The van der Waals surface area contributed by atoms with E-state index in [0.717, 1.165) is 29.8 Å². The molecule has 3 heterocycles. The normalized spacial score (nSPS) is 14.9. The van der Waals surface area contributed by atoms with Crippen LogP contribution in [0.4, 0.5) is 17.5 Å². The molecule has 142 valence electrons. The summed E-state index contributed by atoms with van der Waals surface area (Å²) in [5.74, 6) is 7.24. The Balaban J connectivity index is 1.67. The van der Waals surface area contributed by atoms with Crippen molar-refractivity contribution < 1.29 is 9.63 Å². The first-order chi connectivity index (χ1) is 13.3. The third kappa shape index (κ3) is 3.40. The number of nitrogens with two attached hydrogens (primary N) is 1. The lowest BCUT2D eigenvalue weighted by atomic mass is 10.0. The SMILES string of the molecule is Cc1cc([C@@](C)(O)C#Cc2ccc3c(c2)N(c2nc(N)ncc2Cl)CC3)no1. The lowest BCUT2D eigenvalue weighted by Crippen LogP contribution is -2.19. The van der Waals surface area contributed by atoms with Crippen LogP contribution in [0.25, 0.3) is 0 Å². The lowest BCUT2D eigenvalue weighted by molar-refractivity contribution is 0.112. The molecule has 4 rings (SSSR count). The molecule has 1 aliphatic rings. The molecule has 3 N–H and O–H groups in total. The Labute approximate surface area is 167 Å². The average molecular weight is 396 g/mol. The highest BCUT2D eigenvalue weighted by Gasteiger charge is 2.26. The number of nitrogen functional groups attached to an aromatic ring is 1. The number of aromatic nitrogens is 3. The number of aryl methyl sites for hydroxylation is 1. The first-order valence-corrected chi connectivity index (χ1v) is 9.09. The number of halogens is 1. The first kappa shape index (κ1) is 18.3. The molecule has 1 aromatic carbocycles. The van der Waals surface area contributed by atoms with E-state index in [1.807, 2.05) is 23.1 Å². The summed E-state index contributed by atoms with van der Waals surface area (Å²) >= 11 is 6.27. The van der Waals surface area contributed by atoms with Gasteiger partial charge in [-0.25, -0.2) is 4.98 Å². The first-order valence-electron chi connectivity index (χ1n) is 8.71. The number of nitrogens with zero attached hydrogens (tertiary/aromatic N) is 4. The van der Waals surface area contributed by atoms with Crippen LogP contribution in [0.3, 0.4) is 0 Å². The molecule has 0 bridgehead atoms.